The van der Waals surface area contributed by atoms with Crippen LogP contribution in [-0.4, -0.2) is 27.8 Å². The predicted molar refractivity (Wildman–Crippen MR) is 68.8 cm³/mol. The molecular formula is C12H20N4O2. The maximum absolute atomic E-state index is 8.64. The number of rotatable bonds is 8. The molecule has 0 saturated heterocycles. The molecule has 6 heteroatoms. The van der Waals surface area contributed by atoms with Gasteiger partial charge in [-0.3, -0.25) is 0 Å². The van der Waals surface area contributed by atoms with Gasteiger partial charge in [0.2, 0.25) is 5.88 Å². The van der Waals surface area contributed by atoms with Crippen molar-refractivity contribution in [1.82, 2.24) is 10.2 Å². The quantitative estimate of drug-likeness (QED) is 0.242. The Labute approximate surface area is 107 Å². The van der Waals surface area contributed by atoms with Gasteiger partial charge in [0, 0.05) is 0 Å². The molecule has 0 bridgehead atoms. The molecule has 18 heavy (non-hydrogen) atoms. The van der Waals surface area contributed by atoms with Gasteiger partial charge in [0.05, 0.1) is 18.4 Å². The molecule has 1 aromatic rings. The van der Waals surface area contributed by atoms with Crippen molar-refractivity contribution in [2.45, 2.75) is 39.0 Å². The maximum Gasteiger partial charge on any atom is 0.244 e. The molecule has 0 aliphatic heterocycles. The standard InChI is InChI=1S/C12H20N4O2/c1-2-3-4-5-6-9-18-12-10(11(13)16-17)7-8-14-15-12/h7-8,17H,2-6,9H2,1H3,(H2,13,16). The molecule has 0 aromatic carbocycles. The molecule has 0 aliphatic rings. The Hall–Kier alpha value is -1.85. The van der Waals surface area contributed by atoms with Gasteiger partial charge < -0.3 is 15.7 Å². The Morgan fingerprint density at radius 3 is 2.89 bits per heavy atom. The van der Waals surface area contributed by atoms with Gasteiger partial charge in [-0.25, -0.2) is 0 Å². The molecule has 3 N–H and O–H groups in total. The van der Waals surface area contributed by atoms with Crippen molar-refractivity contribution < 1.29 is 9.94 Å². The van der Waals surface area contributed by atoms with Gasteiger partial charge in [0.1, 0.15) is 0 Å². The number of hydrogen-bond donors (Lipinski definition) is 2. The number of unbranched alkanes of at least 4 members (excludes halogenated alkanes) is 4. The Morgan fingerprint density at radius 1 is 1.39 bits per heavy atom. The summed E-state index contributed by atoms with van der Waals surface area (Å²) in [5.74, 6) is 0.286. The summed E-state index contributed by atoms with van der Waals surface area (Å²) in [7, 11) is 0. The van der Waals surface area contributed by atoms with Crippen LogP contribution in [0.5, 0.6) is 5.88 Å². The minimum absolute atomic E-state index is 0.0223. The number of aromatic nitrogens is 2. The van der Waals surface area contributed by atoms with Crippen LogP contribution in [-0.2, 0) is 0 Å². The summed E-state index contributed by atoms with van der Waals surface area (Å²) in [5, 5.41) is 19.1. The smallest absolute Gasteiger partial charge is 0.244 e. The van der Waals surface area contributed by atoms with Crippen LogP contribution in [0.25, 0.3) is 0 Å². The summed E-state index contributed by atoms with van der Waals surface area (Å²) >= 11 is 0. The second-order valence-corrected chi connectivity index (χ2v) is 4.00. The molecule has 0 aliphatic carbocycles. The molecule has 100 valence electrons. The van der Waals surface area contributed by atoms with Crippen molar-refractivity contribution in [3.05, 3.63) is 17.8 Å². The fourth-order valence-electron chi connectivity index (χ4n) is 1.55. The van der Waals surface area contributed by atoms with Gasteiger partial charge >= 0.3 is 0 Å². The number of nitrogens with zero attached hydrogens (tertiary/aromatic N) is 3. The highest BCUT2D eigenvalue weighted by Gasteiger charge is 2.09. The lowest BCUT2D eigenvalue weighted by molar-refractivity contribution is 0.288. The van der Waals surface area contributed by atoms with Crippen molar-refractivity contribution in [2.75, 3.05) is 6.61 Å². The van der Waals surface area contributed by atoms with Crippen LogP contribution in [0.2, 0.25) is 0 Å². The van der Waals surface area contributed by atoms with E-state index < -0.39 is 0 Å². The minimum atomic E-state index is -0.0223. The van der Waals surface area contributed by atoms with Gasteiger partial charge in [-0.15, -0.1) is 5.10 Å². The lowest BCUT2D eigenvalue weighted by Crippen LogP contribution is -2.16. The Balaban J connectivity index is 2.42. The average Bonchev–Trinajstić information content (AvgIpc) is 2.42. The summed E-state index contributed by atoms with van der Waals surface area (Å²) in [6.07, 6.45) is 7.26. The summed E-state index contributed by atoms with van der Waals surface area (Å²) in [4.78, 5) is 0. The highest BCUT2D eigenvalue weighted by Crippen LogP contribution is 2.13. The van der Waals surface area contributed by atoms with E-state index in [9.17, 15) is 0 Å². The highest BCUT2D eigenvalue weighted by atomic mass is 16.5. The fourth-order valence-corrected chi connectivity index (χ4v) is 1.55. The van der Waals surface area contributed by atoms with Crippen LogP contribution in [0.15, 0.2) is 17.4 Å². The van der Waals surface area contributed by atoms with E-state index in [1.54, 1.807) is 6.07 Å². The van der Waals surface area contributed by atoms with E-state index in [-0.39, 0.29) is 5.84 Å². The van der Waals surface area contributed by atoms with Crippen LogP contribution >= 0.6 is 0 Å². The lowest BCUT2D eigenvalue weighted by atomic mass is 10.2. The van der Waals surface area contributed by atoms with Gasteiger partial charge in [0.25, 0.3) is 0 Å². The monoisotopic (exact) mass is 252 g/mol. The molecule has 0 amide bonds. The molecule has 0 radical (unpaired) electrons. The van der Waals surface area contributed by atoms with E-state index in [1.807, 2.05) is 0 Å². The maximum atomic E-state index is 8.64. The number of amidine groups is 1. The molecule has 1 aromatic heterocycles. The van der Waals surface area contributed by atoms with Crippen molar-refractivity contribution in [1.29, 1.82) is 0 Å². The summed E-state index contributed by atoms with van der Waals surface area (Å²) < 4.78 is 5.49. The van der Waals surface area contributed by atoms with E-state index in [4.69, 9.17) is 15.7 Å². The van der Waals surface area contributed by atoms with Crippen LogP contribution in [0.4, 0.5) is 0 Å². The topological polar surface area (TPSA) is 93.6 Å². The van der Waals surface area contributed by atoms with E-state index in [0.717, 1.165) is 12.8 Å². The lowest BCUT2D eigenvalue weighted by Gasteiger charge is -2.08. The SMILES string of the molecule is CCCCCCCOc1nnccc1/C(N)=N/O. The number of nitrogens with two attached hydrogens (primary N) is 1. The van der Waals surface area contributed by atoms with Crippen LogP contribution in [0.1, 0.15) is 44.6 Å². The highest BCUT2D eigenvalue weighted by molar-refractivity contribution is 5.98. The predicted octanol–water partition coefficient (Wildman–Crippen LogP) is 1.92. The van der Waals surface area contributed by atoms with Gasteiger partial charge in [-0.2, -0.15) is 5.10 Å². The largest absolute Gasteiger partial charge is 0.476 e. The third-order valence-electron chi connectivity index (χ3n) is 2.56. The van der Waals surface area contributed by atoms with E-state index in [2.05, 4.69) is 22.3 Å². The third kappa shape index (κ3) is 4.57. The molecule has 0 fully saturated rings. The summed E-state index contributed by atoms with van der Waals surface area (Å²) in [6.45, 7) is 2.74. The molecule has 1 rings (SSSR count). The zero-order valence-corrected chi connectivity index (χ0v) is 10.7. The normalized spacial score (nSPS) is 11.5. The van der Waals surface area contributed by atoms with Crippen molar-refractivity contribution in [2.24, 2.45) is 10.9 Å². The fraction of sp³-hybridized carbons (Fsp3) is 0.583. The second kappa shape index (κ2) is 8.27. The molecule has 0 atom stereocenters. The Kier molecular flexibility index (Phi) is 6.53. The van der Waals surface area contributed by atoms with E-state index in [0.29, 0.717) is 18.1 Å². The molecule has 0 unspecified atom stereocenters. The van der Waals surface area contributed by atoms with Crippen LogP contribution < -0.4 is 10.5 Å². The molecule has 0 spiro atoms. The van der Waals surface area contributed by atoms with E-state index >= 15 is 0 Å². The first-order chi connectivity index (χ1) is 8.79. The molecule has 6 nitrogen and oxygen atoms in total. The average molecular weight is 252 g/mol. The van der Waals surface area contributed by atoms with Crippen LogP contribution in [0, 0.1) is 0 Å². The molecule has 0 saturated carbocycles. The summed E-state index contributed by atoms with van der Waals surface area (Å²) in [6, 6.07) is 1.61. The number of ether oxygens (including phenoxy) is 1. The Bertz CT molecular complexity index is 382. The van der Waals surface area contributed by atoms with E-state index in [1.165, 1.54) is 25.5 Å². The first-order valence-electron chi connectivity index (χ1n) is 6.22. The minimum Gasteiger partial charge on any atom is -0.476 e. The van der Waals surface area contributed by atoms with Gasteiger partial charge in [-0.1, -0.05) is 37.8 Å². The first kappa shape index (κ1) is 14.2. The van der Waals surface area contributed by atoms with Crippen molar-refractivity contribution >= 4 is 5.84 Å². The summed E-state index contributed by atoms with van der Waals surface area (Å²) in [5.41, 5.74) is 5.98. The molecular weight excluding hydrogens is 232 g/mol. The third-order valence-corrected chi connectivity index (χ3v) is 2.56. The second-order valence-electron chi connectivity index (χ2n) is 4.00. The molecule has 1 heterocycles. The van der Waals surface area contributed by atoms with Crippen molar-refractivity contribution in [3.63, 3.8) is 0 Å². The number of oxime groups is 1. The first-order valence-corrected chi connectivity index (χ1v) is 6.22. The van der Waals surface area contributed by atoms with Gasteiger partial charge in [0.15, 0.2) is 5.84 Å². The van der Waals surface area contributed by atoms with Crippen LogP contribution in [0.3, 0.4) is 0 Å². The zero-order valence-electron chi connectivity index (χ0n) is 10.7. The Morgan fingerprint density at radius 2 is 2.17 bits per heavy atom. The van der Waals surface area contributed by atoms with Gasteiger partial charge in [-0.05, 0) is 12.5 Å². The number of hydrogen-bond acceptors (Lipinski definition) is 5. The zero-order chi connectivity index (χ0) is 13.2. The van der Waals surface area contributed by atoms with Crippen molar-refractivity contribution in [3.8, 4) is 5.88 Å².